The maximum Gasteiger partial charge on any atom is 0.241 e. The van der Waals surface area contributed by atoms with Crippen LogP contribution in [0.4, 0.5) is 5.69 Å². The first-order valence-electron chi connectivity index (χ1n) is 6.52. The minimum Gasteiger partial charge on any atom is -0.362 e. The van der Waals surface area contributed by atoms with Crippen LogP contribution in [0.3, 0.4) is 0 Å². The van der Waals surface area contributed by atoms with Crippen LogP contribution in [0.2, 0.25) is 0 Å². The Balaban J connectivity index is 1.77. The summed E-state index contributed by atoms with van der Waals surface area (Å²) in [6.45, 7) is 1.88. The zero-order valence-corrected chi connectivity index (χ0v) is 12.3. The maximum atomic E-state index is 12.7. The van der Waals surface area contributed by atoms with Crippen LogP contribution in [0.15, 0.2) is 40.9 Å². The zero-order chi connectivity index (χ0) is 14.1. The summed E-state index contributed by atoms with van der Waals surface area (Å²) in [6, 6.07) is 7.21. The molecule has 1 aromatic rings. The van der Waals surface area contributed by atoms with E-state index in [1.54, 1.807) is 12.1 Å². The molecular weight excluding hydrogens is 322 g/mol. The van der Waals surface area contributed by atoms with Crippen molar-refractivity contribution in [2.45, 2.75) is 18.6 Å². The van der Waals surface area contributed by atoms with Gasteiger partial charge in [-0.3, -0.25) is 9.59 Å². The Morgan fingerprint density at radius 3 is 2.55 bits per heavy atom. The second-order valence-electron chi connectivity index (χ2n) is 5.62. The number of ether oxygens (including phenoxy) is 1. The largest absolute Gasteiger partial charge is 0.362 e. The third kappa shape index (κ3) is 1.39. The van der Waals surface area contributed by atoms with E-state index in [4.69, 9.17) is 4.74 Å². The van der Waals surface area contributed by atoms with Crippen LogP contribution < -0.4 is 4.90 Å². The number of fused-ring (bicyclic) bond motifs is 5. The topological polar surface area (TPSA) is 46.6 Å². The molecule has 0 aliphatic carbocycles. The minimum atomic E-state index is -0.633. The quantitative estimate of drug-likeness (QED) is 0.585. The fourth-order valence-corrected chi connectivity index (χ4v) is 3.76. The fourth-order valence-electron chi connectivity index (χ4n) is 3.50. The van der Waals surface area contributed by atoms with Crippen LogP contribution in [0.25, 0.3) is 0 Å². The van der Waals surface area contributed by atoms with Crippen molar-refractivity contribution in [3.05, 3.63) is 40.9 Å². The van der Waals surface area contributed by atoms with Crippen molar-refractivity contribution in [1.82, 2.24) is 0 Å². The lowest BCUT2D eigenvalue weighted by molar-refractivity contribution is -0.126. The van der Waals surface area contributed by atoms with Crippen molar-refractivity contribution >= 4 is 33.4 Å². The highest BCUT2D eigenvalue weighted by atomic mass is 79.9. The number of halogens is 1. The molecule has 0 radical (unpaired) electrons. The molecule has 2 fully saturated rings. The standard InChI is InChI=1S/C15H12BrNO3/c1-15-7-6-10(20-15)11-12(15)14(19)17(13(11)18)9-4-2-8(16)3-5-9/h2-7,10-12H,1H3. The number of amides is 2. The zero-order valence-electron chi connectivity index (χ0n) is 10.7. The lowest BCUT2D eigenvalue weighted by Gasteiger charge is -2.24. The van der Waals surface area contributed by atoms with Crippen molar-refractivity contribution in [2.75, 3.05) is 4.90 Å². The van der Waals surface area contributed by atoms with Gasteiger partial charge in [0.1, 0.15) is 0 Å². The summed E-state index contributed by atoms with van der Waals surface area (Å²) < 4.78 is 6.70. The highest BCUT2D eigenvalue weighted by Gasteiger charge is 2.65. The van der Waals surface area contributed by atoms with E-state index in [0.29, 0.717) is 5.69 Å². The molecule has 2 bridgehead atoms. The first kappa shape index (κ1) is 12.3. The van der Waals surface area contributed by atoms with Crippen molar-refractivity contribution in [2.24, 2.45) is 11.8 Å². The van der Waals surface area contributed by atoms with E-state index in [2.05, 4.69) is 15.9 Å². The third-order valence-corrected chi connectivity index (χ3v) is 4.94. The Morgan fingerprint density at radius 2 is 1.90 bits per heavy atom. The summed E-state index contributed by atoms with van der Waals surface area (Å²) in [6.07, 6.45) is 3.55. The second-order valence-corrected chi connectivity index (χ2v) is 6.53. The van der Waals surface area contributed by atoms with Gasteiger partial charge in [0, 0.05) is 4.47 Å². The summed E-state index contributed by atoms with van der Waals surface area (Å²) >= 11 is 3.35. The molecule has 4 unspecified atom stereocenters. The molecule has 4 nitrogen and oxygen atoms in total. The summed E-state index contributed by atoms with van der Waals surface area (Å²) in [7, 11) is 0. The number of anilines is 1. The number of carbonyl (C=O) groups excluding carboxylic acids is 2. The van der Waals surface area contributed by atoms with Crippen LogP contribution >= 0.6 is 15.9 Å². The van der Waals surface area contributed by atoms with Gasteiger partial charge >= 0.3 is 0 Å². The molecule has 1 aromatic carbocycles. The maximum absolute atomic E-state index is 12.7. The third-order valence-electron chi connectivity index (χ3n) is 4.41. The van der Waals surface area contributed by atoms with Crippen molar-refractivity contribution in [3.8, 4) is 0 Å². The smallest absolute Gasteiger partial charge is 0.241 e. The van der Waals surface area contributed by atoms with Gasteiger partial charge < -0.3 is 4.74 Å². The summed E-state index contributed by atoms with van der Waals surface area (Å²) in [4.78, 5) is 26.6. The first-order valence-corrected chi connectivity index (χ1v) is 7.31. The van der Waals surface area contributed by atoms with Gasteiger partial charge in [-0.15, -0.1) is 0 Å². The number of rotatable bonds is 1. The van der Waals surface area contributed by atoms with Gasteiger partial charge in [-0.05, 0) is 31.2 Å². The Morgan fingerprint density at radius 1 is 1.20 bits per heavy atom. The molecule has 0 N–H and O–H groups in total. The number of benzene rings is 1. The van der Waals surface area contributed by atoms with Gasteiger partial charge in [0.15, 0.2) is 0 Å². The molecule has 2 amide bonds. The van der Waals surface area contributed by atoms with Crippen molar-refractivity contribution < 1.29 is 14.3 Å². The second kappa shape index (κ2) is 3.80. The molecule has 4 rings (SSSR count). The molecule has 4 atom stereocenters. The lowest BCUT2D eigenvalue weighted by Crippen LogP contribution is -2.38. The van der Waals surface area contributed by atoms with E-state index >= 15 is 0 Å². The first-order chi connectivity index (χ1) is 9.51. The number of nitrogens with zero attached hydrogens (tertiary/aromatic N) is 1. The van der Waals surface area contributed by atoms with E-state index in [-0.39, 0.29) is 23.8 Å². The molecule has 2 saturated heterocycles. The number of hydrogen-bond donors (Lipinski definition) is 0. The summed E-state index contributed by atoms with van der Waals surface area (Å²) in [5, 5.41) is 0. The van der Waals surface area contributed by atoms with Gasteiger partial charge in [-0.2, -0.15) is 0 Å². The van der Waals surface area contributed by atoms with E-state index in [1.165, 1.54) is 4.90 Å². The monoisotopic (exact) mass is 333 g/mol. The molecule has 3 heterocycles. The predicted molar refractivity (Wildman–Crippen MR) is 76.0 cm³/mol. The molecule has 3 aliphatic heterocycles. The van der Waals surface area contributed by atoms with Crippen LogP contribution in [0.5, 0.6) is 0 Å². The molecule has 5 heteroatoms. The predicted octanol–water partition coefficient (Wildman–Crippen LogP) is 2.28. The Labute approximate surface area is 124 Å². The molecule has 102 valence electrons. The molecule has 3 aliphatic rings. The summed E-state index contributed by atoms with van der Waals surface area (Å²) in [5.41, 5.74) is -0.00719. The van der Waals surface area contributed by atoms with Crippen LogP contribution in [-0.4, -0.2) is 23.5 Å². The molecule has 0 spiro atoms. The Bertz CT molecular complexity index is 654. The normalized spacial score (nSPS) is 37.9. The molecular formula is C15H12BrNO3. The van der Waals surface area contributed by atoms with Crippen molar-refractivity contribution in [3.63, 3.8) is 0 Å². The number of hydrogen-bond acceptors (Lipinski definition) is 3. The van der Waals surface area contributed by atoms with Gasteiger partial charge in [-0.1, -0.05) is 28.1 Å². The fraction of sp³-hybridized carbons (Fsp3) is 0.333. The van der Waals surface area contributed by atoms with Crippen LogP contribution in [-0.2, 0) is 14.3 Å². The molecule has 0 aromatic heterocycles. The lowest BCUT2D eigenvalue weighted by atomic mass is 9.78. The highest BCUT2D eigenvalue weighted by Crippen LogP contribution is 2.52. The Kier molecular flexibility index (Phi) is 2.34. The number of carbonyl (C=O) groups is 2. The average Bonchev–Trinajstić information content (AvgIpc) is 3.01. The number of imide groups is 1. The summed E-state index contributed by atoms with van der Waals surface area (Å²) in [5.74, 6) is -1.08. The SMILES string of the molecule is CC12C=CC(O1)C1C(=O)N(c3ccc(Br)cc3)C(=O)C12. The van der Waals surface area contributed by atoms with Gasteiger partial charge in [0.25, 0.3) is 0 Å². The van der Waals surface area contributed by atoms with E-state index in [9.17, 15) is 9.59 Å². The molecule has 20 heavy (non-hydrogen) atoms. The van der Waals surface area contributed by atoms with Gasteiger partial charge in [-0.25, -0.2) is 4.90 Å². The van der Waals surface area contributed by atoms with E-state index < -0.39 is 11.5 Å². The van der Waals surface area contributed by atoms with Gasteiger partial charge in [0.05, 0.1) is 29.2 Å². The van der Waals surface area contributed by atoms with Crippen LogP contribution in [0, 0.1) is 11.8 Å². The van der Waals surface area contributed by atoms with E-state index in [0.717, 1.165) is 4.47 Å². The van der Waals surface area contributed by atoms with Gasteiger partial charge in [0.2, 0.25) is 11.8 Å². The minimum absolute atomic E-state index is 0.152. The average molecular weight is 334 g/mol. The van der Waals surface area contributed by atoms with Crippen molar-refractivity contribution in [1.29, 1.82) is 0 Å². The molecule has 0 saturated carbocycles. The van der Waals surface area contributed by atoms with Crippen LogP contribution in [0.1, 0.15) is 6.92 Å². The Hall–Kier alpha value is -1.46. The van der Waals surface area contributed by atoms with E-state index in [1.807, 2.05) is 31.2 Å². The highest BCUT2D eigenvalue weighted by molar-refractivity contribution is 9.10.